The molecule has 0 radical (unpaired) electrons. The van der Waals surface area contributed by atoms with E-state index in [4.69, 9.17) is 14.2 Å². The molecule has 1 heterocycles. The minimum atomic E-state index is -0.688. The van der Waals surface area contributed by atoms with E-state index in [2.05, 4.69) is 5.32 Å². The van der Waals surface area contributed by atoms with Crippen molar-refractivity contribution in [3.63, 3.8) is 0 Å². The molecular formula is C22H27N3O5. The highest BCUT2D eigenvalue weighted by atomic mass is 16.6. The second-order valence-electron chi connectivity index (χ2n) is 7.19. The summed E-state index contributed by atoms with van der Waals surface area (Å²) in [7, 11) is 7.05. The molecule has 0 bridgehead atoms. The first kappa shape index (κ1) is 21.3. The lowest BCUT2D eigenvalue weighted by atomic mass is 10.1. The fourth-order valence-corrected chi connectivity index (χ4v) is 3.24. The Bertz CT molecular complexity index is 898. The van der Waals surface area contributed by atoms with Crippen molar-refractivity contribution in [2.45, 2.75) is 19.1 Å². The van der Waals surface area contributed by atoms with Crippen molar-refractivity contribution < 1.29 is 23.8 Å². The molecule has 1 N–H and O–H groups in total. The molecule has 8 nitrogen and oxygen atoms in total. The molecule has 2 aromatic rings. The highest BCUT2D eigenvalue weighted by Crippen LogP contribution is 2.29. The number of carbonyl (C=O) groups is 2. The molecule has 0 spiro atoms. The van der Waals surface area contributed by atoms with Gasteiger partial charge in [0.25, 0.3) is 0 Å². The molecule has 0 aromatic heterocycles. The number of rotatable bonds is 8. The third kappa shape index (κ3) is 4.76. The van der Waals surface area contributed by atoms with E-state index in [0.29, 0.717) is 18.0 Å². The lowest BCUT2D eigenvalue weighted by molar-refractivity contribution is -0.125. The van der Waals surface area contributed by atoms with E-state index in [0.717, 1.165) is 16.8 Å². The minimum absolute atomic E-state index is 0.0253. The van der Waals surface area contributed by atoms with Gasteiger partial charge >= 0.3 is 6.09 Å². The third-order valence-corrected chi connectivity index (χ3v) is 5.00. The lowest BCUT2D eigenvalue weighted by Gasteiger charge is -2.21. The number of hydrogen-bond donors (Lipinski definition) is 1. The summed E-state index contributed by atoms with van der Waals surface area (Å²) in [5, 5.41) is 2.90. The van der Waals surface area contributed by atoms with Gasteiger partial charge in [-0.3, -0.25) is 9.69 Å². The minimum Gasteiger partial charge on any atom is -0.493 e. The molecule has 0 unspecified atom stereocenters. The second kappa shape index (κ2) is 9.39. The van der Waals surface area contributed by atoms with Crippen molar-refractivity contribution in [3.8, 4) is 11.5 Å². The highest BCUT2D eigenvalue weighted by Gasteiger charge is 2.38. The number of nitrogens with zero attached hydrogens (tertiary/aromatic N) is 2. The van der Waals surface area contributed by atoms with Crippen LogP contribution in [0.25, 0.3) is 0 Å². The number of ether oxygens (including phenoxy) is 3. The van der Waals surface area contributed by atoms with Crippen LogP contribution in [0.15, 0.2) is 42.5 Å². The van der Waals surface area contributed by atoms with Gasteiger partial charge in [-0.05, 0) is 35.4 Å². The average Bonchev–Trinajstić information content (AvgIpc) is 3.12. The summed E-state index contributed by atoms with van der Waals surface area (Å²) in [4.78, 5) is 28.4. The number of benzene rings is 2. The first-order chi connectivity index (χ1) is 14.4. The van der Waals surface area contributed by atoms with Gasteiger partial charge in [-0.1, -0.05) is 18.2 Å². The molecule has 0 saturated carbocycles. The number of hydrogen-bond acceptors (Lipinski definition) is 6. The van der Waals surface area contributed by atoms with Gasteiger partial charge in [-0.15, -0.1) is 0 Å². The van der Waals surface area contributed by atoms with Crippen LogP contribution < -0.4 is 19.7 Å². The van der Waals surface area contributed by atoms with Gasteiger partial charge in [0.15, 0.2) is 11.5 Å². The van der Waals surface area contributed by atoms with Gasteiger partial charge in [-0.2, -0.15) is 0 Å². The van der Waals surface area contributed by atoms with Crippen molar-refractivity contribution >= 4 is 17.7 Å². The molecule has 30 heavy (non-hydrogen) atoms. The van der Waals surface area contributed by atoms with Crippen LogP contribution in [0.1, 0.15) is 11.1 Å². The van der Waals surface area contributed by atoms with E-state index in [1.165, 1.54) is 4.90 Å². The van der Waals surface area contributed by atoms with E-state index in [-0.39, 0.29) is 19.1 Å². The maximum absolute atomic E-state index is 12.7. The first-order valence-electron chi connectivity index (χ1n) is 9.61. The summed E-state index contributed by atoms with van der Waals surface area (Å²) in [5.74, 6) is 0.905. The molecule has 1 fully saturated rings. The van der Waals surface area contributed by atoms with Crippen LogP contribution in [0.3, 0.4) is 0 Å². The Labute approximate surface area is 176 Å². The van der Waals surface area contributed by atoms with E-state index >= 15 is 0 Å². The summed E-state index contributed by atoms with van der Waals surface area (Å²) in [5.41, 5.74) is 2.87. The average molecular weight is 413 g/mol. The van der Waals surface area contributed by atoms with E-state index in [9.17, 15) is 9.59 Å². The molecule has 1 aliphatic rings. The quantitative estimate of drug-likeness (QED) is 0.716. The summed E-state index contributed by atoms with van der Waals surface area (Å²) in [6.07, 6.45) is -0.514. The lowest BCUT2D eigenvalue weighted by Crippen LogP contribution is -2.45. The second-order valence-corrected chi connectivity index (χ2v) is 7.19. The molecule has 3 rings (SSSR count). The van der Waals surface area contributed by atoms with Crippen molar-refractivity contribution in [2.24, 2.45) is 0 Å². The van der Waals surface area contributed by atoms with Crippen LogP contribution in [0.5, 0.6) is 11.5 Å². The topological polar surface area (TPSA) is 80.3 Å². The number of cyclic esters (lactones) is 1. The van der Waals surface area contributed by atoms with Crippen LogP contribution in [0.2, 0.25) is 0 Å². The molecule has 1 saturated heterocycles. The molecule has 8 heteroatoms. The molecule has 0 aliphatic carbocycles. The van der Waals surface area contributed by atoms with Gasteiger partial charge in [-0.25, -0.2) is 4.79 Å². The Morgan fingerprint density at radius 1 is 1.10 bits per heavy atom. The monoisotopic (exact) mass is 413 g/mol. The van der Waals surface area contributed by atoms with Crippen LogP contribution in [-0.2, 0) is 22.6 Å². The van der Waals surface area contributed by atoms with Gasteiger partial charge < -0.3 is 24.4 Å². The number of anilines is 1. The van der Waals surface area contributed by atoms with Crippen molar-refractivity contribution in [2.75, 3.05) is 39.8 Å². The summed E-state index contributed by atoms with van der Waals surface area (Å²) < 4.78 is 15.7. The predicted octanol–water partition coefficient (Wildman–Crippen LogP) is 2.41. The fraction of sp³-hybridized carbons (Fsp3) is 0.364. The molecule has 2 aromatic carbocycles. The van der Waals surface area contributed by atoms with E-state index < -0.39 is 12.1 Å². The van der Waals surface area contributed by atoms with E-state index in [1.807, 2.05) is 49.3 Å². The zero-order chi connectivity index (χ0) is 21.7. The molecule has 160 valence electrons. The van der Waals surface area contributed by atoms with Gasteiger partial charge in [0.1, 0.15) is 12.6 Å². The molecule has 2 amide bonds. The van der Waals surface area contributed by atoms with Crippen molar-refractivity contribution in [1.82, 2.24) is 10.2 Å². The molecule has 1 atom stereocenters. The van der Waals surface area contributed by atoms with Crippen LogP contribution in [-0.4, -0.2) is 57.9 Å². The Morgan fingerprint density at radius 3 is 2.40 bits per heavy atom. The van der Waals surface area contributed by atoms with Crippen LogP contribution in [0, 0.1) is 0 Å². The Hall–Kier alpha value is -3.42. The largest absolute Gasteiger partial charge is 0.493 e. The first-order valence-corrected chi connectivity index (χ1v) is 9.61. The number of methoxy groups -OCH3 is 2. The van der Waals surface area contributed by atoms with Crippen molar-refractivity contribution in [3.05, 3.63) is 53.6 Å². The molecule has 1 aliphatic heterocycles. The number of nitrogens with one attached hydrogen (secondary N) is 1. The zero-order valence-electron chi connectivity index (χ0n) is 17.7. The van der Waals surface area contributed by atoms with Crippen LogP contribution >= 0.6 is 0 Å². The van der Waals surface area contributed by atoms with Gasteiger partial charge in [0, 0.05) is 26.3 Å². The predicted molar refractivity (Wildman–Crippen MR) is 113 cm³/mol. The Kier molecular flexibility index (Phi) is 6.66. The number of amides is 2. The molecular weight excluding hydrogens is 386 g/mol. The van der Waals surface area contributed by atoms with E-state index in [1.54, 1.807) is 26.4 Å². The highest BCUT2D eigenvalue weighted by molar-refractivity contribution is 5.87. The van der Waals surface area contributed by atoms with Gasteiger partial charge in [0.2, 0.25) is 5.91 Å². The van der Waals surface area contributed by atoms with Gasteiger partial charge in [0.05, 0.1) is 20.8 Å². The number of carbonyl (C=O) groups excluding carboxylic acids is 2. The zero-order valence-corrected chi connectivity index (χ0v) is 17.7. The summed E-state index contributed by atoms with van der Waals surface area (Å²) >= 11 is 0. The van der Waals surface area contributed by atoms with Crippen LogP contribution in [0.4, 0.5) is 10.5 Å². The normalized spacial score (nSPS) is 15.5. The van der Waals surface area contributed by atoms with Crippen molar-refractivity contribution in [1.29, 1.82) is 0 Å². The Balaban J connectivity index is 1.64. The maximum atomic E-state index is 12.7. The fourth-order valence-electron chi connectivity index (χ4n) is 3.24. The summed E-state index contributed by atoms with van der Waals surface area (Å²) in [6.45, 7) is 0.633. The standard InChI is InChI=1S/C22H27N3O5/c1-24(2)17-8-5-15(6-9-17)12-23-21(26)18-14-30-22(27)25(18)13-16-7-10-19(28-3)20(11-16)29-4/h5-11,18H,12-14H2,1-4H3,(H,23,26)/t18-/m0/s1. The Morgan fingerprint density at radius 2 is 1.77 bits per heavy atom. The smallest absolute Gasteiger partial charge is 0.410 e. The summed E-state index contributed by atoms with van der Waals surface area (Å²) in [6, 6.07) is 12.6. The maximum Gasteiger partial charge on any atom is 0.410 e. The SMILES string of the molecule is COc1ccc(CN2C(=O)OC[C@H]2C(=O)NCc2ccc(N(C)C)cc2)cc1OC. The third-order valence-electron chi connectivity index (χ3n) is 5.00.